The van der Waals surface area contributed by atoms with Crippen molar-refractivity contribution in [1.29, 1.82) is 0 Å². The zero-order valence-corrected chi connectivity index (χ0v) is 7.07. The summed E-state index contributed by atoms with van der Waals surface area (Å²) in [5.74, 6) is 0.195. The average molecular weight is 176 g/mol. The molecule has 0 bridgehead atoms. The highest BCUT2D eigenvalue weighted by atomic mass is 16.5. The topological polar surface area (TPSA) is 55.0 Å². The van der Waals surface area contributed by atoms with Crippen LogP contribution in [0.2, 0.25) is 0 Å². The fourth-order valence-electron chi connectivity index (χ4n) is 1.18. The van der Waals surface area contributed by atoms with Gasteiger partial charge in [-0.25, -0.2) is 0 Å². The van der Waals surface area contributed by atoms with Crippen molar-refractivity contribution in [3.63, 3.8) is 0 Å². The van der Waals surface area contributed by atoms with E-state index in [9.17, 15) is 4.79 Å². The molecule has 0 fully saturated rings. The number of hydrogen-bond donors (Lipinski definition) is 1. The number of nitrogens with one attached hydrogen (secondary N) is 1. The highest BCUT2D eigenvalue weighted by Crippen LogP contribution is 2.23. The maximum atomic E-state index is 10.7. The zero-order chi connectivity index (χ0) is 9.26. The fourth-order valence-corrected chi connectivity index (χ4v) is 1.18. The number of nitrogens with zero attached hydrogens (tertiary/aromatic N) is 1. The molecule has 0 unspecified atom stereocenters. The number of ether oxygens (including phenoxy) is 1. The number of esters is 1. The maximum absolute atomic E-state index is 10.7. The van der Waals surface area contributed by atoms with Crippen LogP contribution in [0.3, 0.4) is 0 Å². The molecule has 4 heteroatoms. The van der Waals surface area contributed by atoms with Gasteiger partial charge in [-0.2, -0.15) is 0 Å². The van der Waals surface area contributed by atoms with Crippen molar-refractivity contribution in [2.24, 2.45) is 0 Å². The van der Waals surface area contributed by atoms with Crippen molar-refractivity contribution in [1.82, 2.24) is 9.97 Å². The molecular weight excluding hydrogens is 168 g/mol. The van der Waals surface area contributed by atoms with Crippen LogP contribution < -0.4 is 4.74 Å². The Kier molecular flexibility index (Phi) is 1.73. The van der Waals surface area contributed by atoms with Crippen LogP contribution in [0.5, 0.6) is 5.75 Å². The van der Waals surface area contributed by atoms with E-state index in [0.29, 0.717) is 5.75 Å². The summed E-state index contributed by atoms with van der Waals surface area (Å²) >= 11 is 0. The second kappa shape index (κ2) is 2.90. The van der Waals surface area contributed by atoms with Gasteiger partial charge in [-0.1, -0.05) is 0 Å². The highest BCUT2D eigenvalue weighted by molar-refractivity contribution is 5.87. The van der Waals surface area contributed by atoms with E-state index in [-0.39, 0.29) is 5.97 Å². The molecule has 1 N–H and O–H groups in total. The number of aromatic amines is 1. The number of rotatable bonds is 1. The normalized spacial score (nSPS) is 10.2. The van der Waals surface area contributed by atoms with Gasteiger partial charge in [-0.15, -0.1) is 0 Å². The van der Waals surface area contributed by atoms with Crippen molar-refractivity contribution in [2.45, 2.75) is 6.92 Å². The molecule has 13 heavy (non-hydrogen) atoms. The first kappa shape index (κ1) is 7.79. The van der Waals surface area contributed by atoms with Crippen molar-refractivity contribution in [3.05, 3.63) is 24.7 Å². The van der Waals surface area contributed by atoms with Gasteiger partial charge in [0.1, 0.15) is 0 Å². The van der Waals surface area contributed by atoms with Crippen LogP contribution in [0.25, 0.3) is 10.9 Å². The number of fused-ring (bicyclic) bond motifs is 1. The van der Waals surface area contributed by atoms with Crippen LogP contribution in [-0.2, 0) is 4.79 Å². The molecule has 0 amide bonds. The molecule has 4 nitrogen and oxygen atoms in total. The average Bonchev–Trinajstić information content (AvgIpc) is 2.48. The lowest BCUT2D eigenvalue weighted by Gasteiger charge is -1.96. The summed E-state index contributed by atoms with van der Waals surface area (Å²) in [6.07, 6.45) is 4.98. The summed E-state index contributed by atoms with van der Waals surface area (Å²) in [5, 5.41) is 0.817. The molecule has 0 aliphatic heterocycles. The first-order valence-corrected chi connectivity index (χ1v) is 3.87. The molecule has 2 aromatic heterocycles. The van der Waals surface area contributed by atoms with Crippen LogP contribution in [0, 0.1) is 0 Å². The number of H-pyrrole nitrogens is 1. The van der Waals surface area contributed by atoms with Crippen LogP contribution in [0.4, 0.5) is 0 Å². The van der Waals surface area contributed by atoms with E-state index in [1.165, 1.54) is 6.92 Å². The second-order valence-electron chi connectivity index (χ2n) is 2.67. The van der Waals surface area contributed by atoms with Crippen molar-refractivity contribution >= 4 is 16.9 Å². The summed E-state index contributed by atoms with van der Waals surface area (Å²) < 4.78 is 4.96. The quantitative estimate of drug-likeness (QED) is 0.669. The third kappa shape index (κ3) is 1.38. The van der Waals surface area contributed by atoms with Crippen LogP contribution in [-0.4, -0.2) is 15.9 Å². The molecule has 0 aliphatic rings. The lowest BCUT2D eigenvalue weighted by Crippen LogP contribution is -2.00. The monoisotopic (exact) mass is 176 g/mol. The van der Waals surface area contributed by atoms with E-state index < -0.39 is 0 Å². The van der Waals surface area contributed by atoms with Gasteiger partial charge in [-0.3, -0.25) is 9.78 Å². The molecule has 66 valence electrons. The maximum Gasteiger partial charge on any atom is 0.308 e. The predicted molar refractivity (Wildman–Crippen MR) is 47.4 cm³/mol. The minimum atomic E-state index is -0.329. The van der Waals surface area contributed by atoms with Gasteiger partial charge in [0.05, 0.1) is 10.9 Å². The molecule has 0 saturated carbocycles. The van der Waals surface area contributed by atoms with Gasteiger partial charge in [0, 0.05) is 25.5 Å². The third-order valence-electron chi connectivity index (χ3n) is 1.70. The smallest absolute Gasteiger partial charge is 0.308 e. The Bertz CT molecular complexity index is 448. The summed E-state index contributed by atoms with van der Waals surface area (Å²) in [4.78, 5) is 17.6. The Morgan fingerprint density at radius 3 is 3.23 bits per heavy atom. The Hall–Kier alpha value is -1.84. The van der Waals surface area contributed by atoms with Crippen LogP contribution in [0.15, 0.2) is 24.7 Å². The van der Waals surface area contributed by atoms with Gasteiger partial charge >= 0.3 is 5.97 Å². The Balaban J connectivity index is 2.51. The van der Waals surface area contributed by atoms with Gasteiger partial charge in [0.2, 0.25) is 0 Å². The molecule has 0 radical (unpaired) electrons. The van der Waals surface area contributed by atoms with E-state index in [1.54, 1.807) is 18.6 Å². The minimum Gasteiger partial charge on any atom is -0.424 e. The Morgan fingerprint density at radius 2 is 2.46 bits per heavy atom. The van der Waals surface area contributed by atoms with Gasteiger partial charge < -0.3 is 9.72 Å². The summed E-state index contributed by atoms with van der Waals surface area (Å²) in [6.45, 7) is 1.37. The van der Waals surface area contributed by atoms with Crippen molar-refractivity contribution in [3.8, 4) is 5.75 Å². The van der Waals surface area contributed by atoms with E-state index in [1.807, 2.05) is 6.07 Å². The van der Waals surface area contributed by atoms with Crippen LogP contribution in [0.1, 0.15) is 6.92 Å². The molecule has 2 rings (SSSR count). The van der Waals surface area contributed by atoms with Crippen molar-refractivity contribution in [2.75, 3.05) is 0 Å². The molecule has 0 atom stereocenters. The number of hydrogen-bond acceptors (Lipinski definition) is 3. The van der Waals surface area contributed by atoms with E-state index in [4.69, 9.17) is 4.74 Å². The van der Waals surface area contributed by atoms with Gasteiger partial charge in [0.25, 0.3) is 0 Å². The molecular formula is C9H8N2O2. The summed E-state index contributed by atoms with van der Waals surface area (Å²) in [5.41, 5.74) is 0.909. The van der Waals surface area contributed by atoms with Gasteiger partial charge in [0.15, 0.2) is 5.75 Å². The second-order valence-corrected chi connectivity index (χ2v) is 2.67. The molecule has 2 heterocycles. The lowest BCUT2D eigenvalue weighted by molar-refractivity contribution is -0.131. The van der Waals surface area contributed by atoms with Crippen LogP contribution >= 0.6 is 0 Å². The SMILES string of the molecule is CC(=O)Oc1c[nH]c2ccncc12. The van der Waals surface area contributed by atoms with Gasteiger partial charge in [-0.05, 0) is 6.07 Å². The number of carbonyl (C=O) groups is 1. The molecule has 0 aromatic carbocycles. The number of pyridine rings is 1. The lowest BCUT2D eigenvalue weighted by atomic mass is 10.3. The molecule has 0 aliphatic carbocycles. The molecule has 0 saturated heterocycles. The van der Waals surface area contributed by atoms with E-state index >= 15 is 0 Å². The van der Waals surface area contributed by atoms with E-state index in [2.05, 4.69) is 9.97 Å². The Labute approximate surface area is 74.5 Å². The number of carbonyl (C=O) groups excluding carboxylic acids is 1. The third-order valence-corrected chi connectivity index (χ3v) is 1.70. The zero-order valence-electron chi connectivity index (χ0n) is 7.07. The fraction of sp³-hybridized carbons (Fsp3) is 0.111. The number of aromatic nitrogens is 2. The largest absolute Gasteiger partial charge is 0.424 e. The minimum absolute atomic E-state index is 0.329. The molecule has 0 spiro atoms. The standard InChI is InChI=1S/C9H8N2O2/c1-6(12)13-9-5-11-8-2-3-10-4-7(8)9/h2-5,11H,1H3. The molecule has 2 aromatic rings. The summed E-state index contributed by atoms with van der Waals surface area (Å²) in [7, 11) is 0. The van der Waals surface area contributed by atoms with E-state index in [0.717, 1.165) is 10.9 Å². The highest BCUT2D eigenvalue weighted by Gasteiger charge is 2.05. The summed E-state index contributed by atoms with van der Waals surface area (Å²) in [6, 6.07) is 1.82. The predicted octanol–water partition coefficient (Wildman–Crippen LogP) is 1.49. The van der Waals surface area contributed by atoms with Crippen molar-refractivity contribution < 1.29 is 9.53 Å². The first-order chi connectivity index (χ1) is 6.27. The Morgan fingerprint density at radius 1 is 1.62 bits per heavy atom. The first-order valence-electron chi connectivity index (χ1n) is 3.87.